The molecule has 2 heterocycles. The molecule has 112 valence electrons. The molecule has 22 heavy (non-hydrogen) atoms. The second-order valence-electron chi connectivity index (χ2n) is 5.33. The van der Waals surface area contributed by atoms with E-state index in [1.807, 2.05) is 42.5 Å². The number of nitrogens with one attached hydrogen (secondary N) is 1. The summed E-state index contributed by atoms with van der Waals surface area (Å²) in [5.74, 6) is 0.829. The van der Waals surface area contributed by atoms with Gasteiger partial charge in [-0.05, 0) is 36.6 Å². The van der Waals surface area contributed by atoms with Crippen LogP contribution in [0.15, 0.2) is 54.7 Å². The number of pyridine rings is 1. The monoisotopic (exact) mass is 293 g/mol. The number of hydrogen-bond donors (Lipinski definition) is 1. The highest BCUT2D eigenvalue weighted by Crippen LogP contribution is 2.19. The molecule has 0 unspecified atom stereocenters. The van der Waals surface area contributed by atoms with Crippen LogP contribution in [0.5, 0.6) is 0 Å². The Morgan fingerprint density at radius 3 is 2.55 bits per heavy atom. The fourth-order valence-electron chi connectivity index (χ4n) is 2.51. The molecule has 0 bridgehead atoms. The summed E-state index contributed by atoms with van der Waals surface area (Å²) in [5, 5.41) is 2.82. The number of nitrogens with zero attached hydrogens (tertiary/aromatic N) is 2. The molecule has 1 amide bonds. The Labute approximate surface area is 130 Å². The van der Waals surface area contributed by atoms with Crippen LogP contribution in [0.25, 0.3) is 6.08 Å². The van der Waals surface area contributed by atoms with Gasteiger partial charge in [0.05, 0.1) is 11.9 Å². The first-order chi connectivity index (χ1) is 10.8. The molecule has 0 spiro atoms. The Balaban J connectivity index is 1.58. The van der Waals surface area contributed by atoms with Crippen molar-refractivity contribution >= 4 is 23.5 Å². The minimum absolute atomic E-state index is 0.153. The molecule has 1 aromatic heterocycles. The van der Waals surface area contributed by atoms with Crippen molar-refractivity contribution in [2.45, 2.75) is 12.8 Å². The summed E-state index contributed by atoms with van der Waals surface area (Å²) < 4.78 is 0. The minimum Gasteiger partial charge on any atom is -0.357 e. The van der Waals surface area contributed by atoms with Crippen LogP contribution in [-0.4, -0.2) is 24.0 Å². The fourth-order valence-corrected chi connectivity index (χ4v) is 2.51. The van der Waals surface area contributed by atoms with Crippen molar-refractivity contribution in [2.75, 3.05) is 23.3 Å². The van der Waals surface area contributed by atoms with Crippen molar-refractivity contribution in [3.63, 3.8) is 0 Å². The lowest BCUT2D eigenvalue weighted by Gasteiger charge is -2.16. The molecule has 4 heteroatoms. The number of amides is 1. The maximum atomic E-state index is 11.9. The number of anilines is 2. The van der Waals surface area contributed by atoms with Crippen LogP contribution in [0.4, 0.5) is 11.5 Å². The molecule has 0 radical (unpaired) electrons. The van der Waals surface area contributed by atoms with E-state index in [9.17, 15) is 4.79 Å². The summed E-state index contributed by atoms with van der Waals surface area (Å²) in [7, 11) is 0. The Hall–Kier alpha value is -2.62. The quantitative estimate of drug-likeness (QED) is 0.879. The van der Waals surface area contributed by atoms with Gasteiger partial charge in [0.25, 0.3) is 0 Å². The van der Waals surface area contributed by atoms with E-state index in [2.05, 4.69) is 15.2 Å². The minimum atomic E-state index is -0.153. The van der Waals surface area contributed by atoms with Crippen molar-refractivity contribution in [1.82, 2.24) is 4.98 Å². The summed E-state index contributed by atoms with van der Waals surface area (Å²) in [6.07, 6.45) is 7.49. The van der Waals surface area contributed by atoms with Crippen LogP contribution < -0.4 is 10.2 Å². The smallest absolute Gasteiger partial charge is 0.248 e. The third-order valence-corrected chi connectivity index (χ3v) is 3.67. The molecule has 3 rings (SSSR count). The van der Waals surface area contributed by atoms with Gasteiger partial charge in [0.2, 0.25) is 5.91 Å². The van der Waals surface area contributed by atoms with E-state index in [0.717, 1.165) is 24.5 Å². The maximum Gasteiger partial charge on any atom is 0.248 e. The molecule has 0 aliphatic carbocycles. The molecule has 1 aliphatic heterocycles. The maximum absolute atomic E-state index is 11.9. The summed E-state index contributed by atoms with van der Waals surface area (Å²) in [6.45, 7) is 2.14. The van der Waals surface area contributed by atoms with Crippen molar-refractivity contribution < 1.29 is 4.79 Å². The highest BCUT2D eigenvalue weighted by Gasteiger charge is 2.13. The summed E-state index contributed by atoms with van der Waals surface area (Å²) in [5.41, 5.74) is 1.71. The molecule has 4 nitrogen and oxygen atoms in total. The fraction of sp³-hybridized carbons (Fsp3) is 0.222. The third kappa shape index (κ3) is 3.73. The molecule has 1 aromatic carbocycles. The number of carbonyl (C=O) groups excluding carboxylic acids is 1. The van der Waals surface area contributed by atoms with Crippen LogP contribution in [0.3, 0.4) is 0 Å². The van der Waals surface area contributed by atoms with Gasteiger partial charge in [0.1, 0.15) is 5.82 Å². The van der Waals surface area contributed by atoms with Gasteiger partial charge in [-0.1, -0.05) is 30.3 Å². The van der Waals surface area contributed by atoms with E-state index < -0.39 is 0 Å². The highest BCUT2D eigenvalue weighted by atomic mass is 16.1. The molecule has 1 fully saturated rings. The van der Waals surface area contributed by atoms with Gasteiger partial charge in [-0.2, -0.15) is 0 Å². The van der Waals surface area contributed by atoms with Crippen LogP contribution >= 0.6 is 0 Å². The second kappa shape index (κ2) is 6.89. The lowest BCUT2D eigenvalue weighted by Crippen LogP contribution is -2.18. The first kappa shape index (κ1) is 14.3. The molecule has 1 aliphatic rings. The number of benzene rings is 1. The van der Waals surface area contributed by atoms with Gasteiger partial charge in [-0.25, -0.2) is 4.98 Å². The standard InChI is InChI=1S/C18H19N3O/c22-18(11-8-15-6-2-1-3-7-15)20-16-9-10-17(19-14-16)21-12-4-5-13-21/h1-3,6-11,14H,4-5,12-13H2,(H,20,22)/b11-8+. The zero-order chi connectivity index (χ0) is 15.2. The molecule has 1 saturated heterocycles. The normalized spacial score (nSPS) is 14.5. The van der Waals surface area contributed by atoms with Crippen molar-refractivity contribution in [1.29, 1.82) is 0 Å². The van der Waals surface area contributed by atoms with E-state index in [-0.39, 0.29) is 5.91 Å². The van der Waals surface area contributed by atoms with Crippen LogP contribution in [0.2, 0.25) is 0 Å². The van der Waals surface area contributed by atoms with Crippen LogP contribution in [0.1, 0.15) is 18.4 Å². The first-order valence-corrected chi connectivity index (χ1v) is 7.56. The summed E-state index contributed by atoms with van der Waals surface area (Å²) >= 11 is 0. The zero-order valence-electron chi connectivity index (χ0n) is 12.4. The average molecular weight is 293 g/mol. The average Bonchev–Trinajstić information content (AvgIpc) is 3.09. The molecule has 0 saturated carbocycles. The topological polar surface area (TPSA) is 45.2 Å². The Morgan fingerprint density at radius 1 is 1.09 bits per heavy atom. The lowest BCUT2D eigenvalue weighted by molar-refractivity contribution is -0.111. The first-order valence-electron chi connectivity index (χ1n) is 7.56. The molecular weight excluding hydrogens is 274 g/mol. The number of aromatic nitrogens is 1. The largest absolute Gasteiger partial charge is 0.357 e. The Kier molecular flexibility index (Phi) is 4.49. The second-order valence-corrected chi connectivity index (χ2v) is 5.33. The van der Waals surface area contributed by atoms with Crippen LogP contribution in [-0.2, 0) is 4.79 Å². The van der Waals surface area contributed by atoms with Gasteiger partial charge in [-0.3, -0.25) is 4.79 Å². The van der Waals surface area contributed by atoms with Gasteiger partial charge >= 0.3 is 0 Å². The Morgan fingerprint density at radius 2 is 1.86 bits per heavy atom. The molecule has 0 atom stereocenters. The Bertz CT molecular complexity index is 644. The third-order valence-electron chi connectivity index (χ3n) is 3.67. The van der Waals surface area contributed by atoms with E-state index in [1.165, 1.54) is 18.9 Å². The van der Waals surface area contributed by atoms with Crippen molar-refractivity contribution in [2.24, 2.45) is 0 Å². The number of carbonyl (C=O) groups is 1. The molecular formula is C18H19N3O. The summed E-state index contributed by atoms with van der Waals surface area (Å²) in [4.78, 5) is 18.6. The summed E-state index contributed by atoms with van der Waals surface area (Å²) in [6, 6.07) is 13.6. The highest BCUT2D eigenvalue weighted by molar-refractivity contribution is 6.01. The number of rotatable bonds is 4. The number of hydrogen-bond acceptors (Lipinski definition) is 3. The predicted octanol–water partition coefficient (Wildman–Crippen LogP) is 3.33. The van der Waals surface area contributed by atoms with Crippen molar-refractivity contribution in [3.05, 3.63) is 60.3 Å². The van der Waals surface area contributed by atoms with Crippen molar-refractivity contribution in [3.8, 4) is 0 Å². The van der Waals surface area contributed by atoms with Gasteiger partial charge < -0.3 is 10.2 Å². The van der Waals surface area contributed by atoms with E-state index >= 15 is 0 Å². The van der Waals surface area contributed by atoms with E-state index in [0.29, 0.717) is 5.69 Å². The van der Waals surface area contributed by atoms with Gasteiger partial charge in [0, 0.05) is 19.2 Å². The van der Waals surface area contributed by atoms with Gasteiger partial charge in [-0.15, -0.1) is 0 Å². The van der Waals surface area contributed by atoms with Gasteiger partial charge in [0.15, 0.2) is 0 Å². The van der Waals surface area contributed by atoms with Crippen LogP contribution in [0, 0.1) is 0 Å². The zero-order valence-corrected chi connectivity index (χ0v) is 12.4. The van der Waals surface area contributed by atoms with E-state index in [1.54, 1.807) is 12.3 Å². The predicted molar refractivity (Wildman–Crippen MR) is 89.8 cm³/mol. The molecule has 1 N–H and O–H groups in total. The lowest BCUT2D eigenvalue weighted by atomic mass is 10.2. The van der Waals surface area contributed by atoms with E-state index in [4.69, 9.17) is 0 Å². The SMILES string of the molecule is O=C(/C=C/c1ccccc1)Nc1ccc(N2CCCC2)nc1. The molecule has 2 aromatic rings.